The summed E-state index contributed by atoms with van der Waals surface area (Å²) in [6, 6.07) is 43.5. The van der Waals surface area contributed by atoms with Crippen molar-refractivity contribution in [2.24, 2.45) is 0 Å². The number of phenols is 2. The number of aromatic hydroxyl groups is 2. The van der Waals surface area contributed by atoms with Crippen molar-refractivity contribution in [1.29, 1.82) is 0 Å². The summed E-state index contributed by atoms with van der Waals surface area (Å²) in [7, 11) is 0. The lowest BCUT2D eigenvalue weighted by Crippen LogP contribution is -1.98. The summed E-state index contributed by atoms with van der Waals surface area (Å²) in [5, 5.41) is 29.6. The second kappa shape index (κ2) is 13.1. The van der Waals surface area contributed by atoms with Gasteiger partial charge < -0.3 is 10.2 Å². The van der Waals surface area contributed by atoms with E-state index in [9.17, 15) is 10.2 Å². The van der Waals surface area contributed by atoms with E-state index in [4.69, 9.17) is 9.97 Å². The van der Waals surface area contributed by atoms with Gasteiger partial charge in [0, 0.05) is 43.8 Å². The zero-order chi connectivity index (χ0) is 37.9. The third-order valence-electron chi connectivity index (χ3n) is 10.4. The first-order chi connectivity index (χ1) is 27.4. The van der Waals surface area contributed by atoms with E-state index in [1.807, 2.05) is 147 Å². The molecule has 10 rings (SSSR count). The molecule has 0 atom stereocenters. The van der Waals surface area contributed by atoms with E-state index in [1.54, 1.807) is 0 Å². The molecule has 6 aromatic carbocycles. The third kappa shape index (κ3) is 5.46. The largest absolute Gasteiger partial charge is 0.507 e. The molecule has 266 valence electrons. The van der Waals surface area contributed by atoms with Crippen LogP contribution in [0.5, 0.6) is 11.5 Å². The molecule has 10 aromatic rings. The van der Waals surface area contributed by atoms with Crippen LogP contribution in [0.3, 0.4) is 0 Å². The number of hydrogen-bond acceptors (Lipinski definition) is 8. The number of fused-ring (bicyclic) bond motifs is 4. The number of rotatable bonds is 5. The van der Waals surface area contributed by atoms with Crippen LogP contribution in [0, 0.1) is 13.8 Å². The van der Waals surface area contributed by atoms with Crippen molar-refractivity contribution in [2.45, 2.75) is 13.8 Å². The minimum Gasteiger partial charge on any atom is -0.507 e. The Morgan fingerprint density at radius 1 is 0.375 bits per heavy atom. The number of pyridine rings is 2. The van der Waals surface area contributed by atoms with Crippen molar-refractivity contribution in [3.05, 3.63) is 157 Å². The van der Waals surface area contributed by atoms with Gasteiger partial charge in [-0.05, 0) is 84.3 Å². The molecule has 0 aliphatic heterocycles. The van der Waals surface area contributed by atoms with Gasteiger partial charge in [0.1, 0.15) is 24.2 Å². The molecule has 8 heteroatoms. The van der Waals surface area contributed by atoms with Gasteiger partial charge in [0.2, 0.25) is 0 Å². The molecule has 0 unspecified atom stereocenters. The lowest BCUT2D eigenvalue weighted by atomic mass is 9.94. The summed E-state index contributed by atoms with van der Waals surface area (Å²) in [5.41, 5.74) is 9.61. The lowest BCUT2D eigenvalue weighted by molar-refractivity contribution is 0.478. The van der Waals surface area contributed by atoms with Crippen LogP contribution in [-0.2, 0) is 0 Å². The summed E-state index contributed by atoms with van der Waals surface area (Å²) < 4.78 is 0. The van der Waals surface area contributed by atoms with Crippen LogP contribution in [-0.4, -0.2) is 40.1 Å². The molecule has 0 spiro atoms. The smallest absolute Gasteiger partial charge is 0.134 e. The van der Waals surface area contributed by atoms with Crippen molar-refractivity contribution in [3.8, 4) is 67.9 Å². The summed E-state index contributed by atoms with van der Waals surface area (Å²) in [4.78, 5) is 28.7. The number of nitrogens with zero attached hydrogens (tertiary/aromatic N) is 6. The molecule has 0 saturated carbocycles. The average molecular weight is 725 g/mol. The Morgan fingerprint density at radius 2 is 0.732 bits per heavy atom. The third-order valence-corrected chi connectivity index (χ3v) is 10.4. The van der Waals surface area contributed by atoms with Crippen LogP contribution in [0.4, 0.5) is 0 Å². The molecular weight excluding hydrogens is 693 g/mol. The number of benzene rings is 6. The van der Waals surface area contributed by atoms with E-state index in [2.05, 4.69) is 19.9 Å². The lowest BCUT2D eigenvalue weighted by Gasteiger charge is -2.17. The van der Waals surface area contributed by atoms with Crippen LogP contribution in [0.2, 0.25) is 0 Å². The summed E-state index contributed by atoms with van der Waals surface area (Å²) in [6.45, 7) is 4.01. The summed E-state index contributed by atoms with van der Waals surface area (Å²) >= 11 is 0. The van der Waals surface area contributed by atoms with E-state index in [0.717, 1.165) is 54.5 Å². The van der Waals surface area contributed by atoms with Crippen molar-refractivity contribution >= 4 is 43.4 Å². The van der Waals surface area contributed by atoms with Gasteiger partial charge in [-0.15, -0.1) is 0 Å². The number of phenolic OH excluding ortho intramolecular Hbond substituents is 2. The van der Waals surface area contributed by atoms with E-state index in [1.165, 1.54) is 12.7 Å². The molecule has 0 radical (unpaired) electrons. The second-order valence-electron chi connectivity index (χ2n) is 14.1. The van der Waals surface area contributed by atoms with Crippen molar-refractivity contribution in [3.63, 3.8) is 0 Å². The quantitative estimate of drug-likeness (QED) is 0.180. The van der Waals surface area contributed by atoms with Gasteiger partial charge in [-0.25, -0.2) is 29.9 Å². The number of aryl methyl sites for hydroxylation is 2. The maximum atomic E-state index is 12.1. The molecule has 0 bridgehead atoms. The van der Waals surface area contributed by atoms with E-state index in [0.29, 0.717) is 56.4 Å². The molecule has 0 aliphatic carbocycles. The highest BCUT2D eigenvalue weighted by Crippen LogP contribution is 2.45. The number of aromatic nitrogens is 6. The van der Waals surface area contributed by atoms with Gasteiger partial charge in [-0.3, -0.25) is 0 Å². The molecule has 0 fully saturated rings. The zero-order valence-corrected chi connectivity index (χ0v) is 30.4. The fourth-order valence-electron chi connectivity index (χ4n) is 7.79. The molecule has 4 heterocycles. The van der Waals surface area contributed by atoms with E-state index >= 15 is 0 Å². The fraction of sp³-hybridized carbons (Fsp3) is 0.0417. The van der Waals surface area contributed by atoms with Crippen molar-refractivity contribution in [2.75, 3.05) is 0 Å². The van der Waals surface area contributed by atoms with Crippen molar-refractivity contribution < 1.29 is 10.2 Å². The molecule has 4 aromatic heterocycles. The van der Waals surface area contributed by atoms with E-state index < -0.39 is 0 Å². The van der Waals surface area contributed by atoms with Crippen LogP contribution in [0.25, 0.3) is 99.8 Å². The van der Waals surface area contributed by atoms with Crippen LogP contribution >= 0.6 is 0 Å². The molecule has 56 heavy (non-hydrogen) atoms. The molecule has 2 N–H and O–H groups in total. The van der Waals surface area contributed by atoms with Crippen LogP contribution in [0.1, 0.15) is 11.1 Å². The number of para-hydroxylation sites is 2. The van der Waals surface area contributed by atoms with Gasteiger partial charge in [0.15, 0.2) is 0 Å². The van der Waals surface area contributed by atoms with Crippen LogP contribution in [0.15, 0.2) is 146 Å². The summed E-state index contributed by atoms with van der Waals surface area (Å²) in [6.07, 6.45) is 3.06. The van der Waals surface area contributed by atoms with Crippen molar-refractivity contribution in [1.82, 2.24) is 29.9 Å². The topological polar surface area (TPSA) is 118 Å². The molecule has 0 aliphatic rings. The Bertz CT molecular complexity index is 2990. The second-order valence-corrected chi connectivity index (χ2v) is 14.1. The standard InChI is InChI=1S/C48H32N6O2/c1-27-19-35(43-33-15-7-9-17-39(33)49-25-51-43)47(55)37(21-27)45-31-13-5-3-11-29(31)23-41(53-45)42-24-30-12-4-6-14-32(30)46(54-42)38-22-28(2)20-36(48(38)56)44-34-16-8-10-18-40(34)50-26-52-44/h3-26,55-56H,1-2H3. The normalized spacial score (nSPS) is 11.5. The first kappa shape index (κ1) is 33.0. The maximum absolute atomic E-state index is 12.1. The Balaban J connectivity index is 1.20. The first-order valence-corrected chi connectivity index (χ1v) is 18.3. The fourth-order valence-corrected chi connectivity index (χ4v) is 7.79. The summed E-state index contributed by atoms with van der Waals surface area (Å²) in [5.74, 6) is 0.159. The highest BCUT2D eigenvalue weighted by atomic mass is 16.3. The van der Waals surface area contributed by atoms with Gasteiger partial charge in [-0.2, -0.15) is 0 Å². The van der Waals surface area contributed by atoms with Crippen LogP contribution < -0.4 is 0 Å². The monoisotopic (exact) mass is 724 g/mol. The molecule has 8 nitrogen and oxygen atoms in total. The zero-order valence-electron chi connectivity index (χ0n) is 30.4. The highest BCUT2D eigenvalue weighted by Gasteiger charge is 2.22. The molecular formula is C48H32N6O2. The highest BCUT2D eigenvalue weighted by molar-refractivity contribution is 6.04. The maximum Gasteiger partial charge on any atom is 0.134 e. The predicted octanol–water partition coefficient (Wildman–Crippen LogP) is 11.0. The molecule has 0 amide bonds. The Morgan fingerprint density at radius 3 is 1.16 bits per heavy atom. The Hall–Kier alpha value is -7.58. The SMILES string of the molecule is Cc1cc(-c2nc(-c3cc4ccccc4c(-c4cc(C)cc(-c5ncnc6ccccc56)c4O)n3)cc3ccccc23)c(O)c(-c2ncnc3ccccc23)c1. The van der Waals surface area contributed by atoms with Gasteiger partial charge in [0.05, 0.1) is 45.2 Å². The first-order valence-electron chi connectivity index (χ1n) is 18.3. The number of hydrogen-bond donors (Lipinski definition) is 2. The Labute approximate surface area is 321 Å². The predicted molar refractivity (Wildman–Crippen MR) is 223 cm³/mol. The average Bonchev–Trinajstić information content (AvgIpc) is 3.24. The minimum atomic E-state index is 0.0795. The van der Waals surface area contributed by atoms with Gasteiger partial charge in [0.25, 0.3) is 0 Å². The molecule has 0 saturated heterocycles. The van der Waals surface area contributed by atoms with Gasteiger partial charge >= 0.3 is 0 Å². The minimum absolute atomic E-state index is 0.0795. The Kier molecular flexibility index (Phi) is 7.71. The van der Waals surface area contributed by atoms with Gasteiger partial charge in [-0.1, -0.05) is 84.9 Å². The van der Waals surface area contributed by atoms with E-state index in [-0.39, 0.29) is 11.5 Å².